The number of aryl methyl sites for hydroxylation is 2. The molecule has 0 N–H and O–H groups in total. The fourth-order valence-electron chi connectivity index (χ4n) is 6.04. The van der Waals surface area contributed by atoms with E-state index in [2.05, 4.69) is 10.2 Å². The lowest BCUT2D eigenvalue weighted by atomic mass is 9.92. The van der Waals surface area contributed by atoms with E-state index in [0.29, 0.717) is 12.1 Å². The Balaban J connectivity index is 0.000000296. The van der Waals surface area contributed by atoms with Gasteiger partial charge in [-0.15, -0.1) is 0 Å². The third-order valence-corrected chi connectivity index (χ3v) is 13.2. The normalized spacial score (nSPS) is 18.5. The number of amides is 2. The molecule has 2 aliphatic rings. The van der Waals surface area contributed by atoms with Crippen LogP contribution in [0.5, 0.6) is 0 Å². The molecule has 0 aliphatic carbocycles. The molecule has 314 valence electrons. The molecule has 2 aromatic heterocycles. The van der Waals surface area contributed by atoms with E-state index in [0.717, 1.165) is 16.3 Å². The van der Waals surface area contributed by atoms with Gasteiger partial charge >= 0.3 is 12.2 Å². The molecule has 22 heteroatoms. The maximum absolute atomic E-state index is 15.5. The monoisotopic (exact) mass is 836 g/mol. The zero-order chi connectivity index (χ0) is 42.1. The van der Waals surface area contributed by atoms with Crippen LogP contribution >= 0.6 is 0 Å². The highest BCUT2D eigenvalue weighted by Crippen LogP contribution is 2.40. The lowest BCUT2D eigenvalue weighted by Gasteiger charge is -2.37. The molecular weight excluding hydrogens is 787 g/mol. The number of sulfone groups is 2. The molecule has 0 saturated carbocycles. The summed E-state index contributed by atoms with van der Waals surface area (Å²) >= 11 is 0. The first kappa shape index (κ1) is 45.8. The smallest absolute Gasteiger partial charge is 0.410 e. The van der Waals surface area contributed by atoms with Crippen LogP contribution < -0.4 is 0 Å². The van der Waals surface area contributed by atoms with Crippen molar-refractivity contribution in [2.45, 2.75) is 119 Å². The minimum atomic E-state index is -4.58. The van der Waals surface area contributed by atoms with Crippen molar-refractivity contribution in [1.82, 2.24) is 29.4 Å². The first-order chi connectivity index (χ1) is 25.0. The van der Waals surface area contributed by atoms with E-state index in [-0.39, 0.29) is 51.9 Å². The number of rotatable bonds is 8. The fourth-order valence-corrected chi connectivity index (χ4v) is 9.49. The molecular formula is C33H50F6N6O8S2. The molecule has 2 unspecified atom stereocenters. The Labute approximate surface area is 317 Å². The summed E-state index contributed by atoms with van der Waals surface area (Å²) in [6.07, 6.45) is -6.53. The predicted octanol–water partition coefficient (Wildman–Crippen LogP) is 6.54. The van der Waals surface area contributed by atoms with Gasteiger partial charge < -0.3 is 19.3 Å². The molecule has 2 atom stereocenters. The lowest BCUT2D eigenvalue weighted by molar-refractivity contribution is 0.0127. The van der Waals surface area contributed by atoms with Gasteiger partial charge in [0.15, 0.2) is 10.1 Å². The summed E-state index contributed by atoms with van der Waals surface area (Å²) in [5.74, 6) is -1.75. The Morgan fingerprint density at radius 1 is 0.691 bits per heavy atom. The summed E-state index contributed by atoms with van der Waals surface area (Å²) in [6, 6.07) is 1.40. The first-order valence-electron chi connectivity index (χ1n) is 17.4. The van der Waals surface area contributed by atoms with Crippen molar-refractivity contribution in [3.05, 3.63) is 23.5 Å². The van der Waals surface area contributed by atoms with Crippen molar-refractivity contribution in [2.24, 2.45) is 25.9 Å². The second kappa shape index (κ2) is 16.9. The number of hydrogen-bond donors (Lipinski definition) is 0. The van der Waals surface area contributed by atoms with Gasteiger partial charge in [-0.2, -0.15) is 10.2 Å². The average Bonchev–Trinajstić information content (AvgIpc) is 3.67. The average molecular weight is 837 g/mol. The maximum Gasteiger partial charge on any atom is 0.410 e. The zero-order valence-corrected chi connectivity index (χ0v) is 33.9. The standard InChI is InChI=1S/C17H26F3N3O4S.C16H24F3N3O4S/c1-16(2,3)27-15(24)23-8-6-11(7-9-23)17(4,20)28(25,26)13-10-12(14(18)19)21-22(13)5;1-16(2,3)26-15(23)22-7-5-10(6-8-22)14(19)27(24,25)12-9-11(13(17)18)20-21(12)4/h10-11,14H,6-9H2,1-5H3;9-10,13-14H,5-8H2,1-4H3. The van der Waals surface area contributed by atoms with Crippen molar-refractivity contribution in [3.63, 3.8) is 0 Å². The van der Waals surface area contributed by atoms with Crippen LogP contribution in [0.15, 0.2) is 22.2 Å². The van der Waals surface area contributed by atoms with Crippen molar-refractivity contribution in [3.8, 4) is 0 Å². The highest BCUT2D eigenvalue weighted by Gasteiger charge is 2.50. The Morgan fingerprint density at radius 3 is 1.42 bits per heavy atom. The molecule has 2 fully saturated rings. The molecule has 0 aromatic carbocycles. The van der Waals surface area contributed by atoms with Crippen LogP contribution in [0, 0.1) is 11.8 Å². The zero-order valence-electron chi connectivity index (χ0n) is 32.2. The summed E-state index contributed by atoms with van der Waals surface area (Å²) in [5.41, 5.74) is -5.05. The quantitative estimate of drug-likeness (QED) is 0.267. The van der Waals surface area contributed by atoms with Crippen molar-refractivity contribution >= 4 is 31.9 Å². The third-order valence-electron chi connectivity index (χ3n) is 8.99. The minimum Gasteiger partial charge on any atom is -0.444 e. The van der Waals surface area contributed by atoms with Crippen molar-refractivity contribution in [1.29, 1.82) is 0 Å². The van der Waals surface area contributed by atoms with Crippen LogP contribution in [0.4, 0.5) is 35.9 Å². The minimum absolute atomic E-state index is 0.102. The third kappa shape index (κ3) is 11.1. The molecule has 0 spiro atoms. The Bertz CT molecular complexity index is 1870. The van der Waals surface area contributed by atoms with Crippen LogP contribution in [-0.2, 0) is 43.2 Å². The fraction of sp³-hybridized carbons (Fsp3) is 0.758. The van der Waals surface area contributed by atoms with Gasteiger partial charge in [-0.1, -0.05) is 0 Å². The van der Waals surface area contributed by atoms with Crippen LogP contribution in [0.25, 0.3) is 0 Å². The number of likely N-dealkylation sites (tertiary alicyclic amines) is 2. The molecule has 2 amide bonds. The Hall–Kier alpha value is -3.56. The van der Waals surface area contributed by atoms with Gasteiger partial charge in [0.05, 0.1) is 0 Å². The van der Waals surface area contributed by atoms with E-state index < -0.39 is 99.7 Å². The van der Waals surface area contributed by atoms with Crippen LogP contribution in [0.1, 0.15) is 98.4 Å². The summed E-state index contributed by atoms with van der Waals surface area (Å²) in [7, 11) is -6.71. The van der Waals surface area contributed by atoms with Gasteiger partial charge in [0, 0.05) is 64.2 Å². The van der Waals surface area contributed by atoms with Gasteiger partial charge in [-0.25, -0.2) is 52.8 Å². The molecule has 2 aromatic rings. The molecule has 0 radical (unpaired) electrons. The second-order valence-electron chi connectivity index (χ2n) is 15.6. The number of hydrogen-bond acceptors (Lipinski definition) is 10. The Kier molecular flexibility index (Phi) is 14.1. The molecule has 55 heavy (non-hydrogen) atoms. The number of halogens is 6. The van der Waals surface area contributed by atoms with Crippen LogP contribution in [0.2, 0.25) is 0 Å². The van der Waals surface area contributed by atoms with Gasteiger partial charge in [0.25, 0.3) is 12.9 Å². The van der Waals surface area contributed by atoms with E-state index in [1.54, 1.807) is 41.5 Å². The number of aromatic nitrogens is 4. The summed E-state index contributed by atoms with van der Waals surface area (Å²) in [6.45, 7) is 11.9. The number of nitrogens with zero attached hydrogens (tertiary/aromatic N) is 6. The SMILES string of the molecule is Cn1nc(C(F)F)cc1S(=O)(=O)C(C)(F)C1CCN(C(=O)OC(C)(C)C)CC1.Cn1nc(C(F)F)cc1S(=O)(=O)C(F)C1CCN(C(=O)OC(C)(C)C)CC1. The lowest BCUT2D eigenvalue weighted by Crippen LogP contribution is -2.48. The number of piperidine rings is 2. The highest BCUT2D eigenvalue weighted by molar-refractivity contribution is 7.92. The van der Waals surface area contributed by atoms with E-state index in [1.165, 1.54) is 23.9 Å². The van der Waals surface area contributed by atoms with Crippen LogP contribution in [-0.4, -0.2) is 106 Å². The molecule has 2 aliphatic heterocycles. The number of alkyl halides is 6. The van der Waals surface area contributed by atoms with Gasteiger partial charge in [-0.3, -0.25) is 9.36 Å². The van der Waals surface area contributed by atoms with E-state index in [1.807, 2.05) is 0 Å². The Morgan fingerprint density at radius 2 is 1.05 bits per heavy atom. The largest absolute Gasteiger partial charge is 0.444 e. The summed E-state index contributed by atoms with van der Waals surface area (Å²) in [5, 5.41) is 3.01. The van der Waals surface area contributed by atoms with Gasteiger partial charge in [-0.05, 0) is 74.1 Å². The molecule has 14 nitrogen and oxygen atoms in total. The van der Waals surface area contributed by atoms with Crippen molar-refractivity contribution in [2.75, 3.05) is 26.2 Å². The summed E-state index contributed by atoms with van der Waals surface area (Å²) < 4.78 is 144. The number of carbonyl (C=O) groups excluding carboxylic acids is 2. The second-order valence-corrected chi connectivity index (χ2v) is 19.8. The van der Waals surface area contributed by atoms with Gasteiger partial charge in [0.2, 0.25) is 30.2 Å². The molecule has 4 heterocycles. The molecule has 0 bridgehead atoms. The van der Waals surface area contributed by atoms with E-state index in [9.17, 15) is 48.4 Å². The first-order valence-corrected chi connectivity index (χ1v) is 20.4. The van der Waals surface area contributed by atoms with E-state index in [4.69, 9.17) is 9.47 Å². The van der Waals surface area contributed by atoms with Gasteiger partial charge in [0.1, 0.15) is 22.6 Å². The maximum atomic E-state index is 15.5. The topological polar surface area (TPSA) is 163 Å². The highest BCUT2D eigenvalue weighted by atomic mass is 32.2. The predicted molar refractivity (Wildman–Crippen MR) is 186 cm³/mol. The van der Waals surface area contributed by atoms with Crippen molar-refractivity contribution < 1.29 is 62.2 Å². The molecule has 2 saturated heterocycles. The molecule has 4 rings (SSSR count). The van der Waals surface area contributed by atoms with Crippen LogP contribution in [0.3, 0.4) is 0 Å². The summed E-state index contributed by atoms with van der Waals surface area (Å²) in [4.78, 5) is 26.9. The van der Waals surface area contributed by atoms with E-state index >= 15 is 4.39 Å². The number of ether oxygens (including phenoxy) is 2. The number of carbonyl (C=O) groups is 2.